The van der Waals surface area contributed by atoms with Crippen molar-refractivity contribution in [1.29, 1.82) is 0 Å². The van der Waals surface area contributed by atoms with Crippen molar-refractivity contribution in [2.24, 2.45) is 23.2 Å². The topological polar surface area (TPSA) is 12.0 Å². The predicted molar refractivity (Wildman–Crippen MR) is 99.9 cm³/mol. The molecule has 1 unspecified atom stereocenters. The van der Waals surface area contributed by atoms with Crippen LogP contribution >= 0.6 is 0 Å². The molecule has 2 aromatic carbocycles. The lowest BCUT2D eigenvalue weighted by atomic mass is 9.47. The maximum Gasteiger partial charge on any atom is 0.0570 e. The average Bonchev–Trinajstić information content (AvgIpc) is 2.60. The third-order valence-corrected chi connectivity index (χ3v) is 6.92. The van der Waals surface area contributed by atoms with Gasteiger partial charge in [0, 0.05) is 5.69 Å². The van der Waals surface area contributed by atoms with Gasteiger partial charge in [-0.1, -0.05) is 48.5 Å². The lowest BCUT2D eigenvalue weighted by Gasteiger charge is -2.59. The zero-order chi connectivity index (χ0) is 16.0. The Labute approximate surface area is 145 Å². The molecule has 0 aliphatic heterocycles. The van der Waals surface area contributed by atoms with Crippen molar-refractivity contribution in [2.45, 2.75) is 44.6 Å². The van der Waals surface area contributed by atoms with E-state index in [-0.39, 0.29) is 0 Å². The van der Waals surface area contributed by atoms with Crippen molar-refractivity contribution in [3.8, 4) is 0 Å². The second-order valence-corrected chi connectivity index (χ2v) is 8.63. The minimum absolute atomic E-state index is 0.453. The molecule has 4 aliphatic rings. The Morgan fingerprint density at radius 3 is 1.75 bits per heavy atom. The third kappa shape index (κ3) is 2.46. The van der Waals surface area contributed by atoms with Gasteiger partial charge >= 0.3 is 0 Å². The number of rotatable bonds is 4. The normalized spacial score (nSPS) is 34.9. The first-order valence-electron chi connectivity index (χ1n) is 9.67. The Morgan fingerprint density at radius 1 is 0.708 bits per heavy atom. The predicted octanol–water partition coefficient (Wildman–Crippen LogP) is 6.06. The fourth-order valence-corrected chi connectivity index (χ4v) is 6.47. The molecule has 1 heteroatoms. The van der Waals surface area contributed by atoms with Crippen molar-refractivity contribution < 1.29 is 0 Å². The smallest absolute Gasteiger partial charge is 0.0570 e. The van der Waals surface area contributed by atoms with Crippen molar-refractivity contribution in [3.05, 3.63) is 66.2 Å². The molecule has 4 bridgehead atoms. The summed E-state index contributed by atoms with van der Waals surface area (Å²) in [5, 5.41) is 3.95. The Balaban J connectivity index is 1.54. The number of anilines is 1. The summed E-state index contributed by atoms with van der Waals surface area (Å²) in [5.41, 5.74) is 3.21. The van der Waals surface area contributed by atoms with E-state index in [1.807, 2.05) is 0 Å². The Kier molecular flexibility index (Phi) is 3.43. The van der Waals surface area contributed by atoms with Crippen molar-refractivity contribution in [3.63, 3.8) is 0 Å². The number of para-hydroxylation sites is 1. The van der Waals surface area contributed by atoms with E-state index < -0.39 is 0 Å². The first-order chi connectivity index (χ1) is 11.8. The largest absolute Gasteiger partial charge is 0.378 e. The number of hydrogen-bond acceptors (Lipinski definition) is 1. The first kappa shape index (κ1) is 14.6. The van der Waals surface area contributed by atoms with Gasteiger partial charge in [0.15, 0.2) is 0 Å². The SMILES string of the molecule is c1ccc(NC(c2ccccc2)C23CC4CC(CC(C4)C2)C3)cc1. The van der Waals surface area contributed by atoms with Crippen LogP contribution in [0.25, 0.3) is 0 Å². The molecule has 124 valence electrons. The van der Waals surface area contributed by atoms with Gasteiger partial charge in [0.05, 0.1) is 6.04 Å². The van der Waals surface area contributed by atoms with Crippen LogP contribution in [0.4, 0.5) is 5.69 Å². The second-order valence-electron chi connectivity index (χ2n) is 8.63. The molecule has 0 radical (unpaired) electrons. The molecule has 0 aromatic heterocycles. The van der Waals surface area contributed by atoms with Crippen molar-refractivity contribution in [1.82, 2.24) is 0 Å². The van der Waals surface area contributed by atoms with Crippen LogP contribution in [0.2, 0.25) is 0 Å². The zero-order valence-electron chi connectivity index (χ0n) is 14.3. The van der Waals surface area contributed by atoms with Crippen LogP contribution in [-0.2, 0) is 0 Å². The van der Waals surface area contributed by atoms with Crippen LogP contribution in [0.3, 0.4) is 0 Å². The summed E-state index contributed by atoms with van der Waals surface area (Å²) in [6, 6.07) is 22.5. The minimum Gasteiger partial charge on any atom is -0.378 e. The number of hydrogen-bond donors (Lipinski definition) is 1. The second kappa shape index (κ2) is 5.65. The van der Waals surface area contributed by atoms with Gasteiger partial charge < -0.3 is 5.32 Å². The van der Waals surface area contributed by atoms with Gasteiger partial charge in [0.2, 0.25) is 0 Å². The average molecular weight is 317 g/mol. The first-order valence-corrected chi connectivity index (χ1v) is 9.67. The van der Waals surface area contributed by atoms with E-state index in [1.54, 1.807) is 0 Å². The monoisotopic (exact) mass is 317 g/mol. The lowest BCUT2D eigenvalue weighted by Crippen LogP contribution is -2.50. The Bertz CT molecular complexity index is 655. The van der Waals surface area contributed by atoms with Gasteiger partial charge in [-0.2, -0.15) is 0 Å². The highest BCUT2D eigenvalue weighted by Gasteiger charge is 2.54. The van der Waals surface area contributed by atoms with Crippen LogP contribution in [0, 0.1) is 23.2 Å². The van der Waals surface area contributed by atoms with Gasteiger partial charge in [-0.05, 0) is 79.4 Å². The van der Waals surface area contributed by atoms with Gasteiger partial charge in [-0.25, -0.2) is 0 Å². The highest BCUT2D eigenvalue weighted by Crippen LogP contribution is 2.64. The van der Waals surface area contributed by atoms with Crippen molar-refractivity contribution >= 4 is 5.69 Å². The zero-order valence-corrected chi connectivity index (χ0v) is 14.3. The standard InChI is InChI=1S/C23H27N/c1-3-7-20(8-4-1)22(24-21-9-5-2-6-10-21)23-14-17-11-18(15-23)13-19(12-17)16-23/h1-10,17-19,22,24H,11-16H2. The van der Waals surface area contributed by atoms with Crippen LogP contribution in [0.5, 0.6) is 0 Å². The number of nitrogens with one attached hydrogen (secondary N) is 1. The molecule has 24 heavy (non-hydrogen) atoms. The van der Waals surface area contributed by atoms with E-state index in [2.05, 4.69) is 66.0 Å². The van der Waals surface area contributed by atoms with Crippen LogP contribution in [0.15, 0.2) is 60.7 Å². The summed E-state index contributed by atoms with van der Waals surface area (Å²) in [4.78, 5) is 0. The molecule has 4 aliphatic carbocycles. The molecule has 0 heterocycles. The quantitative estimate of drug-likeness (QED) is 0.723. The molecule has 1 atom stereocenters. The molecular weight excluding hydrogens is 290 g/mol. The van der Waals surface area contributed by atoms with Gasteiger partial charge in [-0.15, -0.1) is 0 Å². The lowest BCUT2D eigenvalue weighted by molar-refractivity contribution is -0.0639. The molecular formula is C23H27N. The van der Waals surface area contributed by atoms with E-state index >= 15 is 0 Å². The van der Waals surface area contributed by atoms with Crippen LogP contribution < -0.4 is 5.32 Å². The molecule has 1 N–H and O–H groups in total. The molecule has 0 saturated heterocycles. The van der Waals surface area contributed by atoms with E-state index in [0.717, 1.165) is 17.8 Å². The Morgan fingerprint density at radius 2 is 1.21 bits per heavy atom. The number of benzene rings is 2. The summed E-state index contributed by atoms with van der Waals surface area (Å²) >= 11 is 0. The van der Waals surface area contributed by atoms with Crippen molar-refractivity contribution in [2.75, 3.05) is 5.32 Å². The van der Waals surface area contributed by atoms with Crippen LogP contribution in [0.1, 0.15) is 50.1 Å². The molecule has 2 aromatic rings. The highest BCUT2D eigenvalue weighted by atomic mass is 14.9. The van der Waals surface area contributed by atoms with E-state index in [4.69, 9.17) is 0 Å². The Hall–Kier alpha value is -1.76. The highest BCUT2D eigenvalue weighted by molar-refractivity contribution is 5.46. The van der Waals surface area contributed by atoms with E-state index in [9.17, 15) is 0 Å². The molecule has 4 fully saturated rings. The molecule has 0 amide bonds. The molecule has 1 nitrogen and oxygen atoms in total. The summed E-state index contributed by atoms with van der Waals surface area (Å²) in [6.45, 7) is 0. The summed E-state index contributed by atoms with van der Waals surface area (Å²) < 4.78 is 0. The van der Waals surface area contributed by atoms with E-state index in [1.165, 1.54) is 49.8 Å². The summed E-state index contributed by atoms with van der Waals surface area (Å²) in [6.07, 6.45) is 8.81. The molecule has 4 saturated carbocycles. The molecule has 0 spiro atoms. The minimum atomic E-state index is 0.453. The fraction of sp³-hybridized carbons (Fsp3) is 0.478. The fourth-order valence-electron chi connectivity index (χ4n) is 6.47. The van der Waals surface area contributed by atoms with Gasteiger partial charge in [0.1, 0.15) is 0 Å². The third-order valence-electron chi connectivity index (χ3n) is 6.92. The maximum absolute atomic E-state index is 3.95. The summed E-state index contributed by atoms with van der Waals surface area (Å²) in [5.74, 6) is 2.96. The van der Waals surface area contributed by atoms with Crippen LogP contribution in [-0.4, -0.2) is 0 Å². The molecule has 6 rings (SSSR count). The summed E-state index contributed by atoms with van der Waals surface area (Å²) in [7, 11) is 0. The van der Waals surface area contributed by atoms with Gasteiger partial charge in [0.25, 0.3) is 0 Å². The van der Waals surface area contributed by atoms with Gasteiger partial charge in [-0.3, -0.25) is 0 Å². The van der Waals surface area contributed by atoms with E-state index in [0.29, 0.717) is 11.5 Å². The maximum atomic E-state index is 3.95.